The van der Waals surface area contributed by atoms with Crippen LogP contribution in [0.4, 0.5) is 0 Å². The molecule has 7 rings (SSSR count). The molecule has 3 aromatic carbocycles. The lowest BCUT2D eigenvalue weighted by Gasteiger charge is -2.45. The van der Waals surface area contributed by atoms with Crippen molar-refractivity contribution in [1.82, 2.24) is 10.2 Å². The first-order valence-electron chi connectivity index (χ1n) is 13.3. The van der Waals surface area contributed by atoms with E-state index in [0.29, 0.717) is 6.42 Å². The molecule has 4 atom stereocenters. The van der Waals surface area contributed by atoms with Crippen LogP contribution in [0.3, 0.4) is 0 Å². The maximum Gasteiger partial charge on any atom is 0.243 e. The predicted molar refractivity (Wildman–Crippen MR) is 142 cm³/mol. The van der Waals surface area contributed by atoms with E-state index in [0.717, 1.165) is 27.8 Å². The average molecular weight is 493 g/mol. The van der Waals surface area contributed by atoms with Gasteiger partial charge in [0.1, 0.15) is 6.04 Å². The van der Waals surface area contributed by atoms with E-state index < -0.39 is 17.9 Å². The van der Waals surface area contributed by atoms with Crippen LogP contribution in [0, 0.1) is 17.8 Å². The second-order valence-corrected chi connectivity index (χ2v) is 11.1. The van der Waals surface area contributed by atoms with Gasteiger partial charge in [-0.15, -0.1) is 0 Å². The van der Waals surface area contributed by atoms with Crippen molar-refractivity contribution in [3.8, 4) is 0 Å². The second-order valence-electron chi connectivity index (χ2n) is 11.1. The van der Waals surface area contributed by atoms with Gasteiger partial charge in [0, 0.05) is 11.8 Å². The van der Waals surface area contributed by atoms with E-state index >= 15 is 0 Å². The van der Waals surface area contributed by atoms with Crippen LogP contribution in [0.25, 0.3) is 0 Å². The fraction of sp³-hybridized carbons (Fsp3) is 0.344. The second kappa shape index (κ2) is 8.98. The minimum absolute atomic E-state index is 0.136. The number of benzene rings is 3. The molecule has 3 aromatic rings. The van der Waals surface area contributed by atoms with E-state index in [1.54, 1.807) is 0 Å². The minimum atomic E-state index is -0.831. The van der Waals surface area contributed by atoms with Gasteiger partial charge in [-0.1, -0.05) is 92.7 Å². The van der Waals surface area contributed by atoms with Gasteiger partial charge in [-0.25, -0.2) is 0 Å². The van der Waals surface area contributed by atoms with Crippen molar-refractivity contribution in [2.75, 3.05) is 0 Å². The smallest absolute Gasteiger partial charge is 0.243 e. The van der Waals surface area contributed by atoms with E-state index in [1.165, 1.54) is 4.90 Å². The van der Waals surface area contributed by atoms with E-state index in [-0.39, 0.29) is 41.5 Å². The molecule has 1 aliphatic heterocycles. The van der Waals surface area contributed by atoms with E-state index in [9.17, 15) is 14.4 Å². The van der Waals surface area contributed by atoms with Gasteiger partial charge in [0.25, 0.3) is 0 Å². The van der Waals surface area contributed by atoms with Crippen molar-refractivity contribution in [3.63, 3.8) is 0 Å². The molecular weight excluding hydrogens is 460 g/mol. The molecule has 1 saturated heterocycles. The summed E-state index contributed by atoms with van der Waals surface area (Å²) in [6.07, 6.45) is 0.430. The summed E-state index contributed by atoms with van der Waals surface area (Å²) >= 11 is 0. The molecule has 0 radical (unpaired) electrons. The summed E-state index contributed by atoms with van der Waals surface area (Å²) in [7, 11) is 0. The van der Waals surface area contributed by atoms with E-state index in [2.05, 4.69) is 29.6 Å². The van der Waals surface area contributed by atoms with Gasteiger partial charge in [-0.3, -0.25) is 19.3 Å². The molecule has 1 heterocycles. The average Bonchev–Trinajstić information content (AvgIpc) is 3.17. The monoisotopic (exact) mass is 492 g/mol. The Hall–Kier alpha value is -3.73. The van der Waals surface area contributed by atoms with Gasteiger partial charge < -0.3 is 5.32 Å². The Labute approximate surface area is 217 Å². The minimum Gasteiger partial charge on any atom is -0.348 e. The van der Waals surface area contributed by atoms with Crippen molar-refractivity contribution in [3.05, 3.63) is 107 Å². The number of amides is 3. The molecule has 0 aromatic heterocycles. The summed E-state index contributed by atoms with van der Waals surface area (Å²) in [4.78, 5) is 43.4. The third-order valence-corrected chi connectivity index (χ3v) is 8.45. The quantitative estimate of drug-likeness (QED) is 0.483. The Morgan fingerprint density at radius 3 is 1.59 bits per heavy atom. The molecule has 4 aliphatic rings. The number of rotatable bonds is 6. The lowest BCUT2D eigenvalue weighted by atomic mass is 9.55. The maximum absolute atomic E-state index is 14.2. The molecule has 188 valence electrons. The summed E-state index contributed by atoms with van der Waals surface area (Å²) in [5.74, 6) is -1.84. The Kier molecular flexibility index (Phi) is 5.74. The van der Waals surface area contributed by atoms with E-state index in [1.807, 2.05) is 75.4 Å². The van der Waals surface area contributed by atoms with Crippen molar-refractivity contribution >= 4 is 17.7 Å². The molecule has 0 unspecified atom stereocenters. The van der Waals surface area contributed by atoms with Gasteiger partial charge in [0.2, 0.25) is 17.7 Å². The zero-order valence-corrected chi connectivity index (χ0v) is 21.4. The van der Waals surface area contributed by atoms with Gasteiger partial charge in [-0.05, 0) is 47.1 Å². The third kappa shape index (κ3) is 3.63. The lowest BCUT2D eigenvalue weighted by molar-refractivity contribution is -0.148. The number of carbonyl (C=O) groups is 3. The number of carbonyl (C=O) groups excluding carboxylic acids is 3. The molecule has 1 fully saturated rings. The fourth-order valence-electron chi connectivity index (χ4n) is 6.92. The van der Waals surface area contributed by atoms with Gasteiger partial charge in [0.05, 0.1) is 17.9 Å². The first kappa shape index (κ1) is 23.7. The van der Waals surface area contributed by atoms with Gasteiger partial charge >= 0.3 is 0 Å². The molecule has 1 N–H and O–H groups in total. The summed E-state index contributed by atoms with van der Waals surface area (Å²) in [5.41, 5.74) is 5.53. The van der Waals surface area contributed by atoms with Crippen LogP contribution in [0.5, 0.6) is 0 Å². The molecule has 0 spiro atoms. The van der Waals surface area contributed by atoms with Gasteiger partial charge in [0.15, 0.2) is 0 Å². The summed E-state index contributed by atoms with van der Waals surface area (Å²) < 4.78 is 0. The fourth-order valence-corrected chi connectivity index (χ4v) is 6.92. The van der Waals surface area contributed by atoms with Crippen LogP contribution < -0.4 is 5.32 Å². The highest BCUT2D eigenvalue weighted by molar-refractivity contribution is 6.10. The molecule has 5 nitrogen and oxygen atoms in total. The normalized spacial score (nSPS) is 24.9. The van der Waals surface area contributed by atoms with Crippen LogP contribution in [0.2, 0.25) is 0 Å². The largest absolute Gasteiger partial charge is 0.348 e. The van der Waals surface area contributed by atoms with Crippen molar-refractivity contribution in [1.29, 1.82) is 0 Å². The summed E-state index contributed by atoms with van der Waals surface area (Å²) in [5, 5.41) is 3.09. The zero-order valence-electron chi connectivity index (χ0n) is 21.4. The summed E-state index contributed by atoms with van der Waals surface area (Å²) in [6, 6.07) is 25.1. The number of likely N-dealkylation sites (tertiary alicyclic amines) is 1. The Morgan fingerprint density at radius 2 is 1.16 bits per heavy atom. The van der Waals surface area contributed by atoms with Crippen molar-refractivity contribution in [2.24, 2.45) is 17.8 Å². The van der Waals surface area contributed by atoms with E-state index in [4.69, 9.17) is 0 Å². The first-order valence-corrected chi connectivity index (χ1v) is 13.3. The molecule has 5 heteroatoms. The molecular formula is C32H32N2O3. The molecule has 3 aliphatic carbocycles. The Morgan fingerprint density at radius 1 is 0.730 bits per heavy atom. The predicted octanol–water partition coefficient (Wildman–Crippen LogP) is 5.17. The standard InChI is InChI=1S/C32H32N2O3/c1-18(2)17-25(30(35)33-19(3)20-11-5-4-6-12-20)34-31(36)28-26-21-13-7-8-14-22(21)27(29(28)32(34)37)24-16-10-9-15-23(24)26/h4-16,18-19,25-29H,17H2,1-3H3,(H,33,35)/t19-,25-,26?,27?,28-,29-/m1/s1. The number of hydrogen-bond acceptors (Lipinski definition) is 3. The highest BCUT2D eigenvalue weighted by atomic mass is 16.2. The number of imide groups is 1. The Bertz CT molecular complexity index is 1270. The first-order chi connectivity index (χ1) is 17.9. The number of nitrogens with zero attached hydrogens (tertiary/aromatic N) is 1. The lowest BCUT2D eigenvalue weighted by Crippen LogP contribution is -2.51. The summed E-state index contributed by atoms with van der Waals surface area (Å²) in [6.45, 7) is 5.98. The Balaban J connectivity index is 1.38. The molecule has 37 heavy (non-hydrogen) atoms. The van der Waals surface area contributed by atoms with Crippen LogP contribution >= 0.6 is 0 Å². The van der Waals surface area contributed by atoms with Crippen molar-refractivity contribution < 1.29 is 14.4 Å². The van der Waals surface area contributed by atoms with Crippen molar-refractivity contribution in [2.45, 2.75) is 51.1 Å². The highest BCUT2D eigenvalue weighted by Gasteiger charge is 2.63. The maximum atomic E-state index is 14.2. The molecule has 2 bridgehead atoms. The zero-order chi connectivity index (χ0) is 25.8. The van der Waals surface area contributed by atoms with Crippen LogP contribution in [-0.4, -0.2) is 28.7 Å². The number of nitrogens with one attached hydrogen (secondary N) is 1. The highest BCUT2D eigenvalue weighted by Crippen LogP contribution is 2.61. The van der Waals surface area contributed by atoms with Crippen LogP contribution in [0.15, 0.2) is 78.9 Å². The van der Waals surface area contributed by atoms with Crippen LogP contribution in [-0.2, 0) is 14.4 Å². The third-order valence-electron chi connectivity index (χ3n) is 8.45. The van der Waals surface area contributed by atoms with Gasteiger partial charge in [-0.2, -0.15) is 0 Å². The van der Waals surface area contributed by atoms with Crippen LogP contribution in [0.1, 0.15) is 72.9 Å². The SMILES string of the molecule is CC(C)C[C@H](C(=O)N[C@H](C)c1ccccc1)N1C(=O)[C@@H]2C3c4ccccc4C(c4ccccc43)[C@H]2C1=O. The number of hydrogen-bond donors (Lipinski definition) is 1. The topological polar surface area (TPSA) is 66.5 Å². The molecule has 0 saturated carbocycles. The molecule has 3 amide bonds.